The van der Waals surface area contributed by atoms with E-state index >= 15 is 0 Å². The van der Waals surface area contributed by atoms with E-state index < -0.39 is 57.8 Å². The summed E-state index contributed by atoms with van der Waals surface area (Å²) >= 11 is 0. The topological polar surface area (TPSA) is 155 Å². The first-order valence-electron chi connectivity index (χ1n) is 32.2. The van der Waals surface area contributed by atoms with Crippen molar-refractivity contribution >= 4 is 25.7 Å². The summed E-state index contributed by atoms with van der Waals surface area (Å²) in [5, 5.41) is 9.84. The van der Waals surface area contributed by atoms with Crippen LogP contribution in [0.4, 0.5) is 0 Å². The number of hydrogen-bond donors (Lipinski definition) is 2. The number of carbonyl (C=O) groups excluding carboxylic acids is 3. The van der Waals surface area contributed by atoms with Crippen molar-refractivity contribution in [2.45, 2.75) is 341 Å². The fraction of sp³-hybridized carbons (Fsp3) is 0.891. The lowest BCUT2D eigenvalue weighted by molar-refractivity contribution is -0.161. The lowest BCUT2D eigenvalue weighted by atomic mass is 10.0. The number of aliphatic hydroxyl groups excluding tert-OH is 1. The molecule has 0 saturated carbocycles. The van der Waals surface area contributed by atoms with E-state index in [1.54, 1.807) is 0 Å². The number of allylic oxidation sites excluding steroid dienone is 4. The molecule has 0 aromatic rings. The second kappa shape index (κ2) is 59.1. The quantitative estimate of drug-likeness (QED) is 0.0197. The van der Waals surface area contributed by atoms with Crippen molar-refractivity contribution in [3.8, 4) is 0 Å². The highest BCUT2D eigenvalue weighted by Crippen LogP contribution is 2.43. The third kappa shape index (κ3) is 56.7. The molecule has 3 unspecified atom stereocenters. The van der Waals surface area contributed by atoms with Crippen LogP contribution >= 0.6 is 7.82 Å². The van der Waals surface area contributed by atoms with E-state index in [0.29, 0.717) is 19.3 Å². The number of hydrogen-bond acceptors (Lipinski definition) is 10. The van der Waals surface area contributed by atoms with Crippen LogP contribution in [0.25, 0.3) is 0 Å². The minimum absolute atomic E-state index is 0.169. The highest BCUT2D eigenvalue weighted by atomic mass is 31.2. The largest absolute Gasteiger partial charge is 0.472 e. The number of aliphatic hydroxyl groups is 1. The first kappa shape index (κ1) is 74.0. The summed E-state index contributed by atoms with van der Waals surface area (Å²) in [6.45, 7) is 4.70. The summed E-state index contributed by atoms with van der Waals surface area (Å²) < 4.78 is 39.7. The van der Waals surface area contributed by atoms with Crippen molar-refractivity contribution in [3.05, 3.63) is 24.3 Å². The van der Waals surface area contributed by atoms with Crippen molar-refractivity contribution in [3.63, 3.8) is 0 Å². The molecule has 3 atom stereocenters. The van der Waals surface area contributed by atoms with Gasteiger partial charge in [-0.1, -0.05) is 263 Å². The number of esters is 3. The van der Waals surface area contributed by atoms with Crippen LogP contribution in [0.3, 0.4) is 0 Å². The lowest BCUT2D eigenvalue weighted by Gasteiger charge is -2.21. The van der Waals surface area contributed by atoms with Gasteiger partial charge in [-0.15, -0.1) is 0 Å². The zero-order chi connectivity index (χ0) is 55.5. The minimum Gasteiger partial charge on any atom is -0.462 e. The van der Waals surface area contributed by atoms with Gasteiger partial charge in [0, 0.05) is 19.3 Å². The van der Waals surface area contributed by atoms with Crippen LogP contribution in [-0.2, 0) is 42.2 Å². The molecule has 0 aliphatic carbocycles. The summed E-state index contributed by atoms with van der Waals surface area (Å²) in [4.78, 5) is 48.7. The first-order chi connectivity index (χ1) is 37.2. The van der Waals surface area contributed by atoms with E-state index in [-0.39, 0.29) is 25.9 Å². The van der Waals surface area contributed by atoms with Gasteiger partial charge in [-0.25, -0.2) is 4.57 Å². The highest BCUT2D eigenvalue weighted by Gasteiger charge is 2.28. The molecule has 0 bridgehead atoms. The van der Waals surface area contributed by atoms with Gasteiger partial charge in [-0.2, -0.15) is 0 Å². The third-order valence-corrected chi connectivity index (χ3v) is 15.3. The molecule has 448 valence electrons. The van der Waals surface area contributed by atoms with Crippen LogP contribution in [0.1, 0.15) is 329 Å². The maximum Gasteiger partial charge on any atom is 0.472 e. The number of phosphoric ester groups is 1. The van der Waals surface area contributed by atoms with Gasteiger partial charge in [0.1, 0.15) is 12.7 Å². The van der Waals surface area contributed by atoms with Gasteiger partial charge in [0.2, 0.25) is 0 Å². The van der Waals surface area contributed by atoms with E-state index in [4.69, 9.17) is 23.3 Å². The van der Waals surface area contributed by atoms with Crippen LogP contribution in [-0.4, -0.2) is 66.5 Å². The number of phosphoric acid groups is 1. The normalized spacial score (nSPS) is 13.4. The molecule has 12 heteroatoms. The van der Waals surface area contributed by atoms with Gasteiger partial charge in [-0.3, -0.25) is 23.4 Å². The van der Waals surface area contributed by atoms with Crippen molar-refractivity contribution < 1.29 is 52.2 Å². The van der Waals surface area contributed by atoms with Gasteiger partial charge in [-0.05, 0) is 70.6 Å². The molecule has 2 N–H and O–H groups in total. The summed E-state index contributed by atoms with van der Waals surface area (Å²) in [5.74, 6) is -1.45. The second-order valence-electron chi connectivity index (χ2n) is 21.9. The van der Waals surface area contributed by atoms with Crippen LogP contribution in [0.5, 0.6) is 0 Å². The number of unbranched alkanes of at least 4 members (excludes halogenated alkanes) is 40. The Morgan fingerprint density at radius 2 is 0.605 bits per heavy atom. The van der Waals surface area contributed by atoms with Crippen molar-refractivity contribution in [1.29, 1.82) is 0 Å². The fourth-order valence-corrected chi connectivity index (χ4v) is 10.2. The Morgan fingerprint density at radius 3 is 0.908 bits per heavy atom. The van der Waals surface area contributed by atoms with Gasteiger partial charge < -0.3 is 24.2 Å². The smallest absolute Gasteiger partial charge is 0.462 e. The van der Waals surface area contributed by atoms with E-state index in [1.165, 1.54) is 193 Å². The lowest BCUT2D eigenvalue weighted by Crippen LogP contribution is -2.30. The molecule has 0 radical (unpaired) electrons. The molecule has 76 heavy (non-hydrogen) atoms. The van der Waals surface area contributed by atoms with Crippen LogP contribution in [0, 0.1) is 0 Å². The molecule has 0 aliphatic rings. The Morgan fingerprint density at radius 1 is 0.355 bits per heavy atom. The molecular weight excluding hydrogens is 976 g/mol. The molecular formula is C64H121O11P. The van der Waals surface area contributed by atoms with Crippen LogP contribution in [0.2, 0.25) is 0 Å². The summed E-state index contributed by atoms with van der Waals surface area (Å²) in [6.07, 6.45) is 61.2. The standard InChI is InChI=1S/C64H121O11P/c1-4-7-10-13-16-19-22-25-28-29-30-31-34-37-40-43-46-49-52-55-64(68)75-61(57-71-62(66)53-50-47-44-41-38-35-32-26-23-20-17-14-11-8-5-2)59-73-76(69,70)72-58-60(56-65)74-63(67)54-51-48-45-42-39-36-33-27-24-21-18-15-12-9-6-3/h25-26,28,32,60-61,65H,4-24,27,29-31,33-59H2,1-3H3,(H,69,70)/b28-25-,32-26-. The number of ether oxygens (including phenoxy) is 3. The highest BCUT2D eigenvalue weighted by molar-refractivity contribution is 7.47. The Kier molecular flexibility index (Phi) is 57.5. The Labute approximate surface area is 468 Å². The zero-order valence-electron chi connectivity index (χ0n) is 49.7. The van der Waals surface area contributed by atoms with Crippen molar-refractivity contribution in [1.82, 2.24) is 0 Å². The Hall–Kier alpha value is -2.04. The summed E-state index contributed by atoms with van der Waals surface area (Å²) in [5.41, 5.74) is 0. The SMILES string of the molecule is CCCCCCCC/C=C\CCCCCCCCCCCC(=O)OC(COC(=O)CCCCCCC/C=C\CCCCCCCC)COP(=O)(O)OCC(CO)OC(=O)CCCCCCCCCCCCCCCCC. The first-order valence-corrected chi connectivity index (χ1v) is 33.7. The molecule has 0 fully saturated rings. The molecule has 0 spiro atoms. The molecule has 0 heterocycles. The zero-order valence-corrected chi connectivity index (χ0v) is 50.6. The summed E-state index contributed by atoms with van der Waals surface area (Å²) in [6, 6.07) is 0. The maximum atomic E-state index is 12.9. The predicted octanol–water partition coefficient (Wildman–Crippen LogP) is 19.4. The fourth-order valence-electron chi connectivity index (χ4n) is 9.41. The Balaban J connectivity index is 4.66. The minimum atomic E-state index is -4.75. The van der Waals surface area contributed by atoms with E-state index in [0.717, 1.165) is 77.0 Å². The molecule has 0 rings (SSSR count). The van der Waals surface area contributed by atoms with Crippen LogP contribution in [0.15, 0.2) is 24.3 Å². The van der Waals surface area contributed by atoms with E-state index in [2.05, 4.69) is 45.1 Å². The number of rotatable bonds is 61. The predicted molar refractivity (Wildman–Crippen MR) is 316 cm³/mol. The number of carbonyl (C=O) groups is 3. The Bertz CT molecular complexity index is 1370. The van der Waals surface area contributed by atoms with E-state index in [9.17, 15) is 28.9 Å². The summed E-state index contributed by atoms with van der Waals surface area (Å²) in [7, 11) is -4.75. The van der Waals surface area contributed by atoms with Gasteiger partial charge >= 0.3 is 25.7 Å². The molecule has 0 amide bonds. The van der Waals surface area contributed by atoms with E-state index in [1.807, 2.05) is 0 Å². The van der Waals surface area contributed by atoms with Crippen LogP contribution < -0.4 is 0 Å². The molecule has 0 saturated heterocycles. The molecule has 0 aliphatic heterocycles. The molecule has 0 aromatic heterocycles. The second-order valence-corrected chi connectivity index (χ2v) is 23.4. The van der Waals surface area contributed by atoms with Gasteiger partial charge in [0.05, 0.1) is 19.8 Å². The average Bonchev–Trinajstić information content (AvgIpc) is 3.41. The van der Waals surface area contributed by atoms with Gasteiger partial charge in [0.25, 0.3) is 0 Å². The van der Waals surface area contributed by atoms with Crippen molar-refractivity contribution in [2.75, 3.05) is 26.4 Å². The third-order valence-electron chi connectivity index (χ3n) is 14.3. The van der Waals surface area contributed by atoms with Crippen molar-refractivity contribution in [2.24, 2.45) is 0 Å². The maximum absolute atomic E-state index is 12.9. The molecule has 11 nitrogen and oxygen atoms in total. The monoisotopic (exact) mass is 1100 g/mol. The van der Waals surface area contributed by atoms with Gasteiger partial charge in [0.15, 0.2) is 6.10 Å². The molecule has 0 aromatic carbocycles. The average molecular weight is 1100 g/mol.